The Hall–Kier alpha value is -0.650. The van der Waals surface area contributed by atoms with Crippen LogP contribution in [0.15, 0.2) is 0 Å². The summed E-state index contributed by atoms with van der Waals surface area (Å²) in [6.07, 6.45) is 3.99. The second-order valence-corrected chi connectivity index (χ2v) is 6.05. The van der Waals surface area contributed by atoms with Crippen molar-refractivity contribution in [3.63, 3.8) is 0 Å². The zero-order valence-corrected chi connectivity index (χ0v) is 13.4. The molecule has 0 aromatic carbocycles. The summed E-state index contributed by atoms with van der Waals surface area (Å²) < 4.78 is 4.72. The second-order valence-electron chi connectivity index (χ2n) is 6.05. The van der Waals surface area contributed by atoms with Crippen molar-refractivity contribution in [3.8, 4) is 0 Å². The van der Waals surface area contributed by atoms with Gasteiger partial charge in [-0.05, 0) is 45.7 Å². The minimum Gasteiger partial charge on any atom is -0.468 e. The van der Waals surface area contributed by atoms with Crippen molar-refractivity contribution < 1.29 is 9.53 Å². The molecule has 0 aromatic rings. The van der Waals surface area contributed by atoms with Gasteiger partial charge in [-0.15, -0.1) is 0 Å². The molecule has 5 nitrogen and oxygen atoms in total. The van der Waals surface area contributed by atoms with Gasteiger partial charge in [0.05, 0.1) is 7.11 Å². The topological polar surface area (TPSA) is 58.8 Å². The van der Waals surface area contributed by atoms with Gasteiger partial charge >= 0.3 is 5.97 Å². The van der Waals surface area contributed by atoms with E-state index < -0.39 is 5.54 Å². The number of carbonyl (C=O) groups excluding carboxylic acids is 1. The minimum atomic E-state index is -0.839. The van der Waals surface area contributed by atoms with Crippen LogP contribution < -0.4 is 5.73 Å². The van der Waals surface area contributed by atoms with Crippen LogP contribution in [-0.2, 0) is 9.53 Å². The maximum Gasteiger partial charge on any atom is 0.325 e. The van der Waals surface area contributed by atoms with Crippen LogP contribution in [0.25, 0.3) is 0 Å². The normalized spacial score (nSPS) is 20.6. The summed E-state index contributed by atoms with van der Waals surface area (Å²) in [6.45, 7) is 11.0. The number of hydrogen-bond acceptors (Lipinski definition) is 5. The molecule has 1 aliphatic heterocycles. The van der Waals surface area contributed by atoms with E-state index in [-0.39, 0.29) is 5.97 Å². The second kappa shape index (κ2) is 8.60. The quantitative estimate of drug-likeness (QED) is 0.534. The number of rotatable bonds is 8. The molecule has 1 atom stereocenters. The Kier molecular flexibility index (Phi) is 7.48. The molecule has 0 radical (unpaired) electrons. The molecule has 2 N–H and O–H groups in total. The van der Waals surface area contributed by atoms with Crippen LogP contribution in [0.2, 0.25) is 0 Å². The summed E-state index contributed by atoms with van der Waals surface area (Å²) in [7, 11) is 1.39. The van der Waals surface area contributed by atoms with E-state index in [4.69, 9.17) is 10.5 Å². The first-order valence-corrected chi connectivity index (χ1v) is 7.81. The predicted molar refractivity (Wildman–Crippen MR) is 81.6 cm³/mol. The molecule has 1 heterocycles. The number of hydrogen-bond donors (Lipinski definition) is 1. The van der Waals surface area contributed by atoms with Gasteiger partial charge in [0.25, 0.3) is 0 Å². The average molecular weight is 285 g/mol. The van der Waals surface area contributed by atoms with Crippen LogP contribution in [0.1, 0.15) is 39.5 Å². The summed E-state index contributed by atoms with van der Waals surface area (Å²) in [4.78, 5) is 16.5. The number of piperazine rings is 1. The van der Waals surface area contributed by atoms with Crippen molar-refractivity contribution in [2.75, 3.05) is 46.4 Å². The van der Waals surface area contributed by atoms with Gasteiger partial charge in [-0.3, -0.25) is 4.79 Å². The van der Waals surface area contributed by atoms with Crippen molar-refractivity contribution in [2.45, 2.75) is 45.1 Å². The van der Waals surface area contributed by atoms with Gasteiger partial charge in [-0.25, -0.2) is 0 Å². The molecule has 0 aliphatic carbocycles. The van der Waals surface area contributed by atoms with Crippen LogP contribution in [0.3, 0.4) is 0 Å². The standard InChI is InChI=1S/C15H31N3O2/c1-4-8-17-10-12-18(13-11-17)9-6-5-7-15(2,16)14(19)20-3/h4-13,16H2,1-3H3. The number of nitrogens with two attached hydrogens (primary N) is 1. The van der Waals surface area contributed by atoms with Crippen LogP contribution in [0, 0.1) is 0 Å². The van der Waals surface area contributed by atoms with Gasteiger partial charge in [0.1, 0.15) is 5.54 Å². The molecule has 1 fully saturated rings. The number of methoxy groups -OCH3 is 1. The lowest BCUT2D eigenvalue weighted by molar-refractivity contribution is -0.146. The Morgan fingerprint density at radius 2 is 1.70 bits per heavy atom. The third-order valence-electron chi connectivity index (χ3n) is 4.08. The van der Waals surface area contributed by atoms with Crippen molar-refractivity contribution in [2.24, 2.45) is 5.73 Å². The van der Waals surface area contributed by atoms with E-state index in [0.29, 0.717) is 6.42 Å². The highest BCUT2D eigenvalue weighted by molar-refractivity contribution is 5.79. The number of unbranched alkanes of at least 4 members (excludes halogenated alkanes) is 1. The van der Waals surface area contributed by atoms with Crippen molar-refractivity contribution >= 4 is 5.97 Å². The fourth-order valence-electron chi connectivity index (χ4n) is 2.72. The van der Waals surface area contributed by atoms with Crippen LogP contribution in [0.5, 0.6) is 0 Å². The first-order valence-electron chi connectivity index (χ1n) is 7.81. The molecule has 0 saturated carbocycles. The van der Waals surface area contributed by atoms with Gasteiger partial charge in [0, 0.05) is 26.2 Å². The van der Waals surface area contributed by atoms with Gasteiger partial charge in [0.2, 0.25) is 0 Å². The molecule has 20 heavy (non-hydrogen) atoms. The first-order chi connectivity index (χ1) is 9.49. The predicted octanol–water partition coefficient (Wildman–Crippen LogP) is 1.07. The molecule has 1 aliphatic rings. The molecule has 1 unspecified atom stereocenters. The maximum absolute atomic E-state index is 11.5. The summed E-state index contributed by atoms with van der Waals surface area (Å²) >= 11 is 0. The maximum atomic E-state index is 11.5. The van der Waals surface area contributed by atoms with Gasteiger partial charge in [0.15, 0.2) is 0 Å². The summed E-state index contributed by atoms with van der Waals surface area (Å²) in [5, 5.41) is 0. The first kappa shape index (κ1) is 17.4. The Morgan fingerprint density at radius 1 is 1.15 bits per heavy atom. The Balaban J connectivity index is 2.12. The molecular weight excluding hydrogens is 254 g/mol. The molecule has 118 valence electrons. The number of nitrogens with zero attached hydrogens (tertiary/aromatic N) is 2. The largest absolute Gasteiger partial charge is 0.468 e. The monoisotopic (exact) mass is 285 g/mol. The van der Waals surface area contributed by atoms with E-state index >= 15 is 0 Å². The highest BCUT2D eigenvalue weighted by Gasteiger charge is 2.28. The molecular formula is C15H31N3O2. The van der Waals surface area contributed by atoms with Crippen LogP contribution >= 0.6 is 0 Å². The molecule has 0 amide bonds. The van der Waals surface area contributed by atoms with E-state index in [0.717, 1.165) is 32.5 Å². The zero-order chi connectivity index (χ0) is 15.0. The van der Waals surface area contributed by atoms with Crippen molar-refractivity contribution in [3.05, 3.63) is 0 Å². The Labute approximate surface area is 123 Å². The zero-order valence-electron chi connectivity index (χ0n) is 13.4. The van der Waals surface area contributed by atoms with E-state index in [2.05, 4.69) is 16.7 Å². The third-order valence-corrected chi connectivity index (χ3v) is 4.08. The van der Waals surface area contributed by atoms with E-state index in [1.807, 2.05) is 0 Å². The van der Waals surface area contributed by atoms with E-state index in [9.17, 15) is 4.79 Å². The lowest BCUT2D eigenvalue weighted by atomic mass is 9.96. The highest BCUT2D eigenvalue weighted by atomic mass is 16.5. The molecule has 1 rings (SSSR count). The molecule has 0 spiro atoms. The van der Waals surface area contributed by atoms with Gasteiger partial charge in [-0.1, -0.05) is 6.92 Å². The fraction of sp³-hybridized carbons (Fsp3) is 0.933. The fourth-order valence-corrected chi connectivity index (χ4v) is 2.72. The molecule has 5 heteroatoms. The van der Waals surface area contributed by atoms with Gasteiger partial charge < -0.3 is 20.3 Å². The van der Waals surface area contributed by atoms with Crippen LogP contribution in [0.4, 0.5) is 0 Å². The van der Waals surface area contributed by atoms with Crippen molar-refractivity contribution in [1.82, 2.24) is 9.80 Å². The van der Waals surface area contributed by atoms with E-state index in [1.54, 1.807) is 6.92 Å². The smallest absolute Gasteiger partial charge is 0.325 e. The molecule has 0 bridgehead atoms. The summed E-state index contributed by atoms with van der Waals surface area (Å²) in [5.41, 5.74) is 5.11. The van der Waals surface area contributed by atoms with Crippen LogP contribution in [-0.4, -0.2) is 67.7 Å². The summed E-state index contributed by atoms with van der Waals surface area (Å²) in [6, 6.07) is 0. The molecule has 0 aromatic heterocycles. The SMILES string of the molecule is CCCN1CCN(CCCCC(C)(N)C(=O)OC)CC1. The highest BCUT2D eigenvalue weighted by Crippen LogP contribution is 2.13. The minimum absolute atomic E-state index is 0.314. The Bertz CT molecular complexity index is 287. The molecule has 1 saturated heterocycles. The number of esters is 1. The lowest BCUT2D eigenvalue weighted by Crippen LogP contribution is -2.47. The lowest BCUT2D eigenvalue weighted by Gasteiger charge is -2.34. The Morgan fingerprint density at radius 3 is 2.20 bits per heavy atom. The number of carbonyl (C=O) groups is 1. The van der Waals surface area contributed by atoms with Gasteiger partial charge in [-0.2, -0.15) is 0 Å². The number of ether oxygens (including phenoxy) is 1. The van der Waals surface area contributed by atoms with Crippen molar-refractivity contribution in [1.29, 1.82) is 0 Å². The van der Waals surface area contributed by atoms with E-state index in [1.165, 1.54) is 33.2 Å². The third kappa shape index (κ3) is 5.77. The summed E-state index contributed by atoms with van der Waals surface area (Å²) in [5.74, 6) is -0.314. The average Bonchev–Trinajstić information content (AvgIpc) is 2.44.